The van der Waals surface area contributed by atoms with Gasteiger partial charge in [0.15, 0.2) is 0 Å². The van der Waals surface area contributed by atoms with E-state index in [4.69, 9.17) is 0 Å². The topological polar surface area (TPSA) is 3.24 Å². The molecule has 8 aromatic carbocycles. The van der Waals surface area contributed by atoms with Gasteiger partial charge in [0, 0.05) is 28.4 Å². The summed E-state index contributed by atoms with van der Waals surface area (Å²) in [5.41, 5.74) is 17.7. The van der Waals surface area contributed by atoms with E-state index in [0.29, 0.717) is 0 Å². The second-order valence-electron chi connectivity index (χ2n) is 15.7. The number of rotatable bonds is 7. The van der Waals surface area contributed by atoms with Crippen molar-refractivity contribution in [3.63, 3.8) is 0 Å². The highest BCUT2D eigenvalue weighted by Crippen LogP contribution is 2.52. The molecule has 0 bridgehead atoms. The maximum atomic E-state index is 2.50. The molecule has 0 aliphatic heterocycles. The molecule has 1 unspecified atom stereocenters. The van der Waals surface area contributed by atoms with E-state index in [2.05, 4.69) is 225 Å². The van der Waals surface area contributed by atoms with Gasteiger partial charge >= 0.3 is 0 Å². The third-order valence-electron chi connectivity index (χ3n) is 12.0. The fourth-order valence-electron chi connectivity index (χ4n) is 9.22. The Balaban J connectivity index is 1.11. The van der Waals surface area contributed by atoms with Crippen molar-refractivity contribution in [1.82, 2.24) is 0 Å². The number of anilines is 2. The first-order chi connectivity index (χ1) is 27.5. The van der Waals surface area contributed by atoms with E-state index in [9.17, 15) is 0 Å². The quantitative estimate of drug-likeness (QED) is 0.159. The predicted molar refractivity (Wildman–Crippen MR) is 237 cm³/mol. The molecule has 56 heavy (non-hydrogen) atoms. The minimum Gasteiger partial charge on any atom is -0.314 e. The molecule has 1 nitrogen and oxygen atoms in total. The highest BCUT2D eigenvalue weighted by atomic mass is 15.1. The van der Waals surface area contributed by atoms with Crippen LogP contribution in [-0.4, -0.2) is 0 Å². The first kappa shape index (κ1) is 33.8. The molecule has 0 spiro atoms. The molecule has 0 heterocycles. The zero-order valence-corrected chi connectivity index (χ0v) is 31.9. The Morgan fingerprint density at radius 2 is 1.09 bits per heavy atom. The van der Waals surface area contributed by atoms with Crippen LogP contribution in [0.25, 0.3) is 49.7 Å². The molecule has 268 valence electrons. The molecule has 0 aromatic heterocycles. The number of fused-ring (bicyclic) bond motifs is 4. The van der Waals surface area contributed by atoms with Crippen molar-refractivity contribution in [2.45, 2.75) is 31.6 Å². The molecular weight excluding hydrogens is 675 g/mol. The van der Waals surface area contributed by atoms with Gasteiger partial charge in [0.25, 0.3) is 0 Å². The van der Waals surface area contributed by atoms with Gasteiger partial charge in [-0.15, -0.1) is 0 Å². The van der Waals surface area contributed by atoms with Gasteiger partial charge in [0.1, 0.15) is 0 Å². The molecule has 0 radical (unpaired) electrons. The van der Waals surface area contributed by atoms with Crippen molar-refractivity contribution in [2.24, 2.45) is 0 Å². The summed E-state index contributed by atoms with van der Waals surface area (Å²) < 4.78 is 0. The lowest BCUT2D eigenvalue weighted by Gasteiger charge is -2.33. The van der Waals surface area contributed by atoms with E-state index in [-0.39, 0.29) is 11.3 Å². The van der Waals surface area contributed by atoms with Gasteiger partial charge in [-0.25, -0.2) is 0 Å². The second kappa shape index (κ2) is 13.9. The lowest BCUT2D eigenvalue weighted by Crippen LogP contribution is -2.20. The number of hydrogen-bond donors (Lipinski definition) is 0. The van der Waals surface area contributed by atoms with E-state index in [1.165, 1.54) is 77.7 Å². The van der Waals surface area contributed by atoms with Crippen molar-refractivity contribution in [1.29, 1.82) is 0 Å². The summed E-state index contributed by atoms with van der Waals surface area (Å²) in [5.74, 6) is 0.229. The summed E-state index contributed by atoms with van der Waals surface area (Å²) >= 11 is 0. The lowest BCUT2D eigenvalue weighted by molar-refractivity contribution is 0.662. The van der Waals surface area contributed by atoms with E-state index < -0.39 is 0 Å². The first-order valence-electron chi connectivity index (χ1n) is 19.8. The van der Waals surface area contributed by atoms with Gasteiger partial charge in [0.2, 0.25) is 0 Å². The molecule has 1 heteroatoms. The van der Waals surface area contributed by atoms with Gasteiger partial charge in [-0.2, -0.15) is 0 Å². The Hall–Kier alpha value is -6.70. The molecule has 0 saturated heterocycles. The molecule has 0 amide bonds. The molecular formula is C55H43N. The van der Waals surface area contributed by atoms with Crippen molar-refractivity contribution in [2.75, 3.05) is 4.90 Å². The molecule has 0 fully saturated rings. The van der Waals surface area contributed by atoms with Crippen molar-refractivity contribution in [3.8, 4) is 33.4 Å². The van der Waals surface area contributed by atoms with Crippen LogP contribution in [0.5, 0.6) is 0 Å². The Labute approximate surface area is 330 Å². The van der Waals surface area contributed by atoms with E-state index >= 15 is 0 Å². The fraction of sp³-hybridized carbons (Fsp3) is 0.0909. The third-order valence-corrected chi connectivity index (χ3v) is 12.0. The van der Waals surface area contributed by atoms with E-state index in [0.717, 1.165) is 17.8 Å². The fourth-order valence-corrected chi connectivity index (χ4v) is 9.22. The third kappa shape index (κ3) is 5.97. The first-order valence-corrected chi connectivity index (χ1v) is 19.8. The lowest BCUT2D eigenvalue weighted by atomic mass is 9.79. The van der Waals surface area contributed by atoms with Gasteiger partial charge in [0.05, 0.1) is 0 Å². The number of allylic oxidation sites excluding steroid dienone is 4. The number of hydrogen-bond acceptors (Lipinski definition) is 1. The van der Waals surface area contributed by atoms with Crippen molar-refractivity contribution >= 4 is 27.7 Å². The zero-order chi connectivity index (χ0) is 37.6. The van der Waals surface area contributed by atoms with Crippen molar-refractivity contribution in [3.05, 3.63) is 234 Å². The van der Waals surface area contributed by atoms with Crippen LogP contribution in [-0.2, 0) is 5.41 Å². The summed E-state index contributed by atoms with van der Waals surface area (Å²) in [4.78, 5) is 2.50. The van der Waals surface area contributed by atoms with Crippen LogP contribution in [0, 0.1) is 0 Å². The average Bonchev–Trinajstić information content (AvgIpc) is 3.50. The molecule has 0 saturated carbocycles. The SMILES string of the molecule is CC1(C)c2ccccc2-c2cccc(-c3ccc(N(C4=CC(c5ccccc5)=CC(c5ccccc5)C4)c4cccc(-c5ccc6ccccc6c5)c4)cc3)c21. The Bertz CT molecular complexity index is 2790. The number of benzene rings is 8. The van der Waals surface area contributed by atoms with Crippen LogP contribution in [0.1, 0.15) is 48.4 Å². The van der Waals surface area contributed by atoms with Crippen LogP contribution in [0.4, 0.5) is 11.4 Å². The summed E-state index contributed by atoms with van der Waals surface area (Å²) in [7, 11) is 0. The molecule has 10 rings (SSSR count). The average molecular weight is 718 g/mol. The molecule has 2 aliphatic carbocycles. The maximum Gasteiger partial charge on any atom is 0.0464 e. The van der Waals surface area contributed by atoms with Gasteiger partial charge in [-0.05, 0) is 115 Å². The number of nitrogens with zero attached hydrogens (tertiary/aromatic N) is 1. The minimum atomic E-state index is -0.0873. The Kier molecular flexibility index (Phi) is 8.37. The Morgan fingerprint density at radius 3 is 1.91 bits per heavy atom. The highest BCUT2D eigenvalue weighted by molar-refractivity contribution is 5.90. The summed E-state index contributed by atoms with van der Waals surface area (Å²) in [6, 6.07) is 71.3. The molecule has 1 atom stereocenters. The minimum absolute atomic E-state index is 0.0873. The zero-order valence-electron chi connectivity index (χ0n) is 31.9. The van der Waals surface area contributed by atoms with Crippen LogP contribution in [0.2, 0.25) is 0 Å². The van der Waals surface area contributed by atoms with Crippen molar-refractivity contribution < 1.29 is 0 Å². The smallest absolute Gasteiger partial charge is 0.0464 e. The largest absolute Gasteiger partial charge is 0.314 e. The molecule has 8 aromatic rings. The monoisotopic (exact) mass is 717 g/mol. The Morgan fingerprint density at radius 1 is 0.464 bits per heavy atom. The maximum absolute atomic E-state index is 2.50. The molecule has 2 aliphatic rings. The summed E-state index contributed by atoms with van der Waals surface area (Å²) in [6.07, 6.45) is 5.74. The second-order valence-corrected chi connectivity index (χ2v) is 15.7. The van der Waals surface area contributed by atoms with E-state index in [1.54, 1.807) is 0 Å². The van der Waals surface area contributed by atoms with Crippen LogP contribution >= 0.6 is 0 Å². The normalized spacial score (nSPS) is 15.4. The van der Waals surface area contributed by atoms with Gasteiger partial charge in [-0.1, -0.05) is 184 Å². The van der Waals surface area contributed by atoms with Gasteiger partial charge in [-0.3, -0.25) is 0 Å². The summed E-state index contributed by atoms with van der Waals surface area (Å²) in [6.45, 7) is 4.74. The van der Waals surface area contributed by atoms with Crippen LogP contribution in [0.15, 0.2) is 212 Å². The van der Waals surface area contributed by atoms with Gasteiger partial charge < -0.3 is 4.90 Å². The highest BCUT2D eigenvalue weighted by Gasteiger charge is 2.37. The molecule has 0 N–H and O–H groups in total. The standard InChI is InChI=1S/C55H43N/c1-55(2)53-26-12-11-23-51(53)52-25-14-24-50(54(52)55)41-29-31-47(32-30-41)56(48-22-13-21-43(35-48)44-28-27-40-19-9-10-20-42(40)33-44)49-36-45(38-15-5-3-6-16-38)34-46(37-49)39-17-7-4-8-18-39/h3-36,46H,37H2,1-2H3. The predicted octanol–water partition coefficient (Wildman–Crippen LogP) is 14.8. The summed E-state index contributed by atoms with van der Waals surface area (Å²) in [5, 5.41) is 2.50. The van der Waals surface area contributed by atoms with E-state index in [1.807, 2.05) is 0 Å². The van der Waals surface area contributed by atoms with Crippen LogP contribution < -0.4 is 4.90 Å². The van der Waals surface area contributed by atoms with Crippen LogP contribution in [0.3, 0.4) is 0 Å².